The number of benzene rings is 2. The Bertz CT molecular complexity index is 368. The van der Waals surface area contributed by atoms with E-state index < -0.39 is 14.3 Å². The topological polar surface area (TPSA) is 0 Å². The molecular weight excluding hydrogens is 253 g/mol. The first-order chi connectivity index (χ1) is 7.92. The third kappa shape index (κ3) is 2.76. The zero-order valence-corrected chi connectivity index (χ0v) is 11.8. The molecule has 0 N–H and O–H groups in total. The molecule has 2 aromatic carbocycles. The van der Waals surface area contributed by atoms with Crippen LogP contribution in [0.15, 0.2) is 60.7 Å². The van der Waals surface area contributed by atoms with E-state index >= 15 is 0 Å². The van der Waals surface area contributed by atoms with Gasteiger partial charge in [0.2, 0.25) is 0 Å². The van der Waals surface area contributed by atoms with Gasteiger partial charge in [0.1, 0.15) is 0 Å². The maximum absolute atomic E-state index is 2.30. The van der Waals surface area contributed by atoms with Crippen LogP contribution in [0.25, 0.3) is 0 Å². The molecule has 0 fully saturated rings. The van der Waals surface area contributed by atoms with Gasteiger partial charge in [-0.05, 0) is 0 Å². The molecule has 0 atom stereocenters. The SMILES string of the molecule is CC[CH2][Ge]([c]1ccccc1)[c]1ccccc1. The van der Waals surface area contributed by atoms with Crippen molar-refractivity contribution in [2.75, 3.05) is 0 Å². The van der Waals surface area contributed by atoms with Crippen molar-refractivity contribution in [3.8, 4) is 0 Å². The molecule has 0 unspecified atom stereocenters. The van der Waals surface area contributed by atoms with Crippen molar-refractivity contribution in [3.63, 3.8) is 0 Å². The summed E-state index contributed by atoms with van der Waals surface area (Å²) in [7, 11) is 0. The molecule has 0 saturated heterocycles. The van der Waals surface area contributed by atoms with Gasteiger partial charge < -0.3 is 0 Å². The average molecular weight is 270 g/mol. The van der Waals surface area contributed by atoms with Gasteiger partial charge in [-0.2, -0.15) is 0 Å². The van der Waals surface area contributed by atoms with Crippen LogP contribution in [0, 0.1) is 0 Å². The molecule has 1 heteroatoms. The summed E-state index contributed by atoms with van der Waals surface area (Å²) >= 11 is -1.25. The molecule has 0 aliphatic heterocycles. The first kappa shape index (κ1) is 11.5. The molecule has 2 aromatic rings. The van der Waals surface area contributed by atoms with Crippen molar-refractivity contribution in [2.45, 2.75) is 18.6 Å². The first-order valence-corrected chi connectivity index (χ1v) is 9.46. The van der Waals surface area contributed by atoms with Gasteiger partial charge in [-0.15, -0.1) is 0 Å². The third-order valence-electron chi connectivity index (χ3n) is 2.74. The average Bonchev–Trinajstić information content (AvgIpc) is 2.38. The molecular formula is C15H17Ge. The van der Waals surface area contributed by atoms with E-state index in [2.05, 4.69) is 67.6 Å². The summed E-state index contributed by atoms with van der Waals surface area (Å²) in [5, 5.41) is 1.38. The van der Waals surface area contributed by atoms with Gasteiger partial charge in [0, 0.05) is 0 Å². The Kier molecular flexibility index (Phi) is 4.23. The molecule has 0 aliphatic carbocycles. The Morgan fingerprint density at radius 3 is 1.56 bits per heavy atom. The van der Waals surface area contributed by atoms with Crippen LogP contribution in [0.2, 0.25) is 5.25 Å². The van der Waals surface area contributed by atoms with Crippen LogP contribution >= 0.6 is 0 Å². The molecule has 2 rings (SSSR count). The van der Waals surface area contributed by atoms with E-state index in [1.54, 1.807) is 8.79 Å². The zero-order chi connectivity index (χ0) is 11.2. The molecule has 0 aromatic heterocycles. The monoisotopic (exact) mass is 271 g/mol. The van der Waals surface area contributed by atoms with Crippen molar-refractivity contribution in [2.24, 2.45) is 0 Å². The van der Waals surface area contributed by atoms with Crippen LogP contribution in [0.3, 0.4) is 0 Å². The second-order valence-corrected chi connectivity index (χ2v) is 9.44. The fraction of sp³-hybridized carbons (Fsp3) is 0.200. The molecule has 0 bridgehead atoms. The standard InChI is InChI=1S/C15H17Ge/c1-2-13-16(14-9-5-3-6-10-14)15-11-7-4-8-12-15/h3-12H,2,13H2,1H3. The van der Waals surface area contributed by atoms with E-state index in [-0.39, 0.29) is 0 Å². The molecule has 0 saturated carbocycles. The van der Waals surface area contributed by atoms with Gasteiger partial charge in [0.25, 0.3) is 0 Å². The summed E-state index contributed by atoms with van der Waals surface area (Å²) in [6.45, 7) is 2.29. The van der Waals surface area contributed by atoms with Gasteiger partial charge >= 0.3 is 102 Å². The summed E-state index contributed by atoms with van der Waals surface area (Å²) in [6, 6.07) is 22.1. The summed E-state index contributed by atoms with van der Waals surface area (Å²) in [6.07, 6.45) is 1.29. The quantitative estimate of drug-likeness (QED) is 0.749. The van der Waals surface area contributed by atoms with Crippen LogP contribution in [-0.4, -0.2) is 14.3 Å². The predicted octanol–water partition coefficient (Wildman–Crippen LogP) is 2.71. The molecule has 0 aliphatic rings. The van der Waals surface area contributed by atoms with Crippen molar-refractivity contribution in [1.82, 2.24) is 0 Å². The van der Waals surface area contributed by atoms with Gasteiger partial charge in [-0.25, -0.2) is 0 Å². The fourth-order valence-corrected chi connectivity index (χ4v) is 7.44. The van der Waals surface area contributed by atoms with Crippen molar-refractivity contribution in [1.29, 1.82) is 0 Å². The van der Waals surface area contributed by atoms with Crippen LogP contribution in [0.4, 0.5) is 0 Å². The van der Waals surface area contributed by atoms with E-state index in [1.807, 2.05) is 0 Å². The van der Waals surface area contributed by atoms with Gasteiger partial charge in [0.15, 0.2) is 0 Å². The normalized spacial score (nSPS) is 10.6. The molecule has 0 nitrogen and oxygen atoms in total. The molecule has 0 heterocycles. The zero-order valence-electron chi connectivity index (χ0n) is 9.69. The van der Waals surface area contributed by atoms with E-state index in [9.17, 15) is 0 Å². The van der Waals surface area contributed by atoms with Crippen LogP contribution in [0.5, 0.6) is 0 Å². The maximum atomic E-state index is 2.30. The Morgan fingerprint density at radius 1 is 0.750 bits per heavy atom. The molecule has 0 spiro atoms. The fourth-order valence-electron chi connectivity index (χ4n) is 1.98. The van der Waals surface area contributed by atoms with E-state index in [0.29, 0.717) is 0 Å². The van der Waals surface area contributed by atoms with E-state index in [4.69, 9.17) is 0 Å². The summed E-state index contributed by atoms with van der Waals surface area (Å²) in [4.78, 5) is 0. The van der Waals surface area contributed by atoms with Crippen molar-refractivity contribution in [3.05, 3.63) is 60.7 Å². The second-order valence-electron chi connectivity index (χ2n) is 3.96. The minimum absolute atomic E-state index is 1.25. The summed E-state index contributed by atoms with van der Waals surface area (Å²) in [5.41, 5.74) is 0. The van der Waals surface area contributed by atoms with Gasteiger partial charge in [-0.1, -0.05) is 0 Å². The molecule has 16 heavy (non-hydrogen) atoms. The number of rotatable bonds is 4. The predicted molar refractivity (Wildman–Crippen MR) is 73.0 cm³/mol. The Labute approximate surface area is 102 Å². The third-order valence-corrected chi connectivity index (χ3v) is 9.17. The first-order valence-electron chi connectivity index (χ1n) is 5.88. The summed E-state index contributed by atoms with van der Waals surface area (Å²) in [5.74, 6) is 0. The van der Waals surface area contributed by atoms with Crippen LogP contribution in [0.1, 0.15) is 13.3 Å². The van der Waals surface area contributed by atoms with Crippen LogP contribution < -0.4 is 8.79 Å². The number of hydrogen-bond donors (Lipinski definition) is 0. The number of hydrogen-bond acceptors (Lipinski definition) is 0. The van der Waals surface area contributed by atoms with Crippen molar-refractivity contribution >= 4 is 23.1 Å². The van der Waals surface area contributed by atoms with Crippen molar-refractivity contribution < 1.29 is 0 Å². The molecule has 0 amide bonds. The second kappa shape index (κ2) is 5.90. The van der Waals surface area contributed by atoms with Crippen LogP contribution in [-0.2, 0) is 0 Å². The van der Waals surface area contributed by atoms with Gasteiger partial charge in [0.05, 0.1) is 0 Å². The summed E-state index contributed by atoms with van der Waals surface area (Å²) < 4.78 is 3.19. The Hall–Kier alpha value is -1.02. The van der Waals surface area contributed by atoms with E-state index in [0.717, 1.165) is 0 Å². The Balaban J connectivity index is 2.31. The van der Waals surface area contributed by atoms with Gasteiger partial charge in [-0.3, -0.25) is 0 Å². The minimum atomic E-state index is -1.25. The van der Waals surface area contributed by atoms with E-state index in [1.165, 1.54) is 11.7 Å². The Morgan fingerprint density at radius 2 is 1.19 bits per heavy atom. The molecule has 1 radical (unpaired) electrons. The molecule has 81 valence electrons.